The number of amides is 1. The molecule has 4 nitrogen and oxygen atoms in total. The molecule has 0 aliphatic heterocycles. The van der Waals surface area contributed by atoms with Crippen LogP contribution in [0.2, 0.25) is 0 Å². The van der Waals surface area contributed by atoms with Crippen molar-refractivity contribution < 1.29 is 9.53 Å². The molecular formula is C16H16N2O2. The summed E-state index contributed by atoms with van der Waals surface area (Å²) in [4.78, 5) is 11.9. The Labute approximate surface area is 118 Å². The molecule has 0 heterocycles. The molecular weight excluding hydrogens is 252 g/mol. The Bertz CT molecular complexity index is 619. The van der Waals surface area contributed by atoms with Crippen LogP contribution in [0.1, 0.15) is 21.5 Å². The van der Waals surface area contributed by atoms with Crippen LogP contribution < -0.4 is 10.2 Å². The van der Waals surface area contributed by atoms with Gasteiger partial charge in [0.2, 0.25) is 0 Å². The van der Waals surface area contributed by atoms with Gasteiger partial charge in [-0.05, 0) is 30.7 Å². The lowest BCUT2D eigenvalue weighted by Gasteiger charge is -2.02. The van der Waals surface area contributed by atoms with Crippen LogP contribution in [0, 0.1) is 6.92 Å². The number of hydrogen-bond donors (Lipinski definition) is 1. The predicted molar refractivity (Wildman–Crippen MR) is 79.2 cm³/mol. The minimum atomic E-state index is -0.271. The Morgan fingerprint density at radius 1 is 1.20 bits per heavy atom. The van der Waals surface area contributed by atoms with Gasteiger partial charge in [0.1, 0.15) is 5.75 Å². The average Bonchev–Trinajstić information content (AvgIpc) is 2.49. The van der Waals surface area contributed by atoms with Crippen molar-refractivity contribution in [3.05, 3.63) is 65.2 Å². The van der Waals surface area contributed by atoms with Gasteiger partial charge in [-0.25, -0.2) is 5.43 Å². The average molecular weight is 268 g/mol. The zero-order valence-corrected chi connectivity index (χ0v) is 11.5. The lowest BCUT2D eigenvalue weighted by atomic mass is 10.2. The van der Waals surface area contributed by atoms with Gasteiger partial charge in [-0.2, -0.15) is 5.10 Å². The van der Waals surface area contributed by atoms with Crippen LogP contribution in [0.25, 0.3) is 0 Å². The molecule has 20 heavy (non-hydrogen) atoms. The molecule has 0 atom stereocenters. The summed E-state index contributed by atoms with van der Waals surface area (Å²) in [5.74, 6) is 0.368. The second kappa shape index (κ2) is 6.52. The van der Waals surface area contributed by atoms with Crippen LogP contribution in [-0.4, -0.2) is 19.2 Å². The summed E-state index contributed by atoms with van der Waals surface area (Å²) in [6, 6.07) is 14.8. The first-order valence-corrected chi connectivity index (χ1v) is 6.23. The summed E-state index contributed by atoms with van der Waals surface area (Å²) < 4.78 is 5.07. The van der Waals surface area contributed by atoms with Gasteiger partial charge in [0.15, 0.2) is 0 Å². The maximum Gasteiger partial charge on any atom is 0.271 e. The van der Waals surface area contributed by atoms with Crippen molar-refractivity contribution in [2.75, 3.05) is 7.11 Å². The summed E-state index contributed by atoms with van der Waals surface area (Å²) in [5.41, 5.74) is 5.11. The monoisotopic (exact) mass is 268 g/mol. The normalized spacial score (nSPS) is 10.5. The van der Waals surface area contributed by atoms with Crippen molar-refractivity contribution in [1.82, 2.24) is 5.43 Å². The van der Waals surface area contributed by atoms with E-state index in [1.165, 1.54) is 5.56 Å². The molecule has 2 rings (SSSR count). The first-order valence-electron chi connectivity index (χ1n) is 6.23. The lowest BCUT2D eigenvalue weighted by Crippen LogP contribution is -2.17. The molecule has 0 saturated heterocycles. The minimum absolute atomic E-state index is 0.271. The van der Waals surface area contributed by atoms with Crippen LogP contribution in [0.4, 0.5) is 0 Å². The molecule has 0 aliphatic carbocycles. The number of ether oxygens (including phenoxy) is 1. The second-order valence-electron chi connectivity index (χ2n) is 4.34. The molecule has 0 spiro atoms. The van der Waals surface area contributed by atoms with E-state index in [0.29, 0.717) is 11.3 Å². The van der Waals surface area contributed by atoms with Crippen molar-refractivity contribution in [1.29, 1.82) is 0 Å². The Morgan fingerprint density at radius 2 is 1.95 bits per heavy atom. The maximum atomic E-state index is 11.9. The van der Waals surface area contributed by atoms with E-state index < -0.39 is 0 Å². The smallest absolute Gasteiger partial charge is 0.271 e. The van der Waals surface area contributed by atoms with Gasteiger partial charge in [-0.3, -0.25) is 4.79 Å². The van der Waals surface area contributed by atoms with Crippen LogP contribution >= 0.6 is 0 Å². The van der Waals surface area contributed by atoms with Crippen LogP contribution in [0.3, 0.4) is 0 Å². The molecule has 1 amide bonds. The third-order valence-corrected chi connectivity index (χ3v) is 2.79. The predicted octanol–water partition coefficient (Wildman–Crippen LogP) is 2.77. The van der Waals surface area contributed by atoms with Crippen LogP contribution in [0.15, 0.2) is 53.6 Å². The molecule has 0 unspecified atom stereocenters. The summed E-state index contributed by atoms with van der Waals surface area (Å²) in [5, 5.41) is 3.94. The van der Waals surface area contributed by atoms with Crippen molar-refractivity contribution in [3.63, 3.8) is 0 Å². The Hall–Kier alpha value is -2.62. The zero-order chi connectivity index (χ0) is 14.4. The van der Waals surface area contributed by atoms with Gasteiger partial charge < -0.3 is 4.74 Å². The maximum absolute atomic E-state index is 11.9. The van der Waals surface area contributed by atoms with Gasteiger partial charge in [-0.1, -0.05) is 35.9 Å². The van der Waals surface area contributed by atoms with Gasteiger partial charge in [-0.15, -0.1) is 0 Å². The van der Waals surface area contributed by atoms with Gasteiger partial charge >= 0.3 is 0 Å². The minimum Gasteiger partial charge on any atom is -0.497 e. The molecule has 2 aromatic carbocycles. The Balaban J connectivity index is 1.99. The van der Waals surface area contributed by atoms with Crippen molar-refractivity contribution in [3.8, 4) is 5.75 Å². The second-order valence-corrected chi connectivity index (χ2v) is 4.34. The van der Waals surface area contributed by atoms with Gasteiger partial charge in [0.25, 0.3) is 5.91 Å². The van der Waals surface area contributed by atoms with E-state index in [2.05, 4.69) is 10.5 Å². The summed E-state index contributed by atoms with van der Waals surface area (Å²) in [7, 11) is 1.56. The molecule has 0 bridgehead atoms. The zero-order valence-electron chi connectivity index (χ0n) is 11.5. The van der Waals surface area contributed by atoms with Gasteiger partial charge in [0.05, 0.1) is 13.3 Å². The molecule has 1 N–H and O–H groups in total. The topological polar surface area (TPSA) is 50.7 Å². The highest BCUT2D eigenvalue weighted by Gasteiger charge is 2.04. The number of hydrazone groups is 1. The number of benzene rings is 2. The highest BCUT2D eigenvalue weighted by molar-refractivity contribution is 5.95. The quantitative estimate of drug-likeness (QED) is 0.684. The van der Waals surface area contributed by atoms with Gasteiger partial charge in [0, 0.05) is 5.56 Å². The standard InChI is InChI=1S/C16H16N2O2/c1-12-6-8-13(9-7-12)11-17-18-16(19)14-4-3-5-15(10-14)20-2/h3-11H,1-2H3,(H,18,19). The fourth-order valence-corrected chi connectivity index (χ4v) is 1.65. The van der Waals surface area contributed by atoms with E-state index in [0.717, 1.165) is 5.56 Å². The highest BCUT2D eigenvalue weighted by atomic mass is 16.5. The third kappa shape index (κ3) is 3.68. The number of carbonyl (C=O) groups excluding carboxylic acids is 1. The number of carbonyl (C=O) groups is 1. The Morgan fingerprint density at radius 3 is 2.65 bits per heavy atom. The van der Waals surface area contributed by atoms with Crippen molar-refractivity contribution in [2.24, 2.45) is 5.10 Å². The molecule has 0 saturated carbocycles. The summed E-state index contributed by atoms with van der Waals surface area (Å²) in [6.07, 6.45) is 1.61. The number of rotatable bonds is 4. The summed E-state index contributed by atoms with van der Waals surface area (Å²) in [6.45, 7) is 2.02. The molecule has 4 heteroatoms. The van der Waals surface area contributed by atoms with Crippen molar-refractivity contribution in [2.45, 2.75) is 6.92 Å². The first-order chi connectivity index (χ1) is 9.69. The van der Waals surface area contributed by atoms with E-state index in [-0.39, 0.29) is 5.91 Å². The molecule has 0 radical (unpaired) electrons. The van der Waals surface area contributed by atoms with E-state index in [9.17, 15) is 4.79 Å². The molecule has 102 valence electrons. The Kier molecular flexibility index (Phi) is 4.50. The van der Waals surface area contributed by atoms with Crippen LogP contribution in [0.5, 0.6) is 5.75 Å². The number of hydrogen-bond acceptors (Lipinski definition) is 3. The first kappa shape index (κ1) is 13.8. The number of nitrogens with one attached hydrogen (secondary N) is 1. The molecule has 0 fully saturated rings. The fourth-order valence-electron chi connectivity index (χ4n) is 1.65. The highest BCUT2D eigenvalue weighted by Crippen LogP contribution is 2.12. The fraction of sp³-hybridized carbons (Fsp3) is 0.125. The molecule has 0 aromatic heterocycles. The van der Waals surface area contributed by atoms with E-state index in [1.807, 2.05) is 31.2 Å². The number of methoxy groups -OCH3 is 1. The van der Waals surface area contributed by atoms with E-state index >= 15 is 0 Å². The summed E-state index contributed by atoms with van der Waals surface area (Å²) >= 11 is 0. The van der Waals surface area contributed by atoms with Crippen molar-refractivity contribution >= 4 is 12.1 Å². The van der Waals surface area contributed by atoms with E-state index in [1.54, 1.807) is 37.6 Å². The third-order valence-electron chi connectivity index (χ3n) is 2.79. The van der Waals surface area contributed by atoms with E-state index in [4.69, 9.17) is 4.74 Å². The lowest BCUT2D eigenvalue weighted by molar-refractivity contribution is 0.0955. The largest absolute Gasteiger partial charge is 0.497 e. The SMILES string of the molecule is COc1cccc(C(=O)NN=Cc2ccc(C)cc2)c1. The molecule has 2 aromatic rings. The number of nitrogens with zero attached hydrogens (tertiary/aromatic N) is 1. The number of aryl methyl sites for hydroxylation is 1. The molecule has 0 aliphatic rings. The van der Waals surface area contributed by atoms with Crippen LogP contribution in [-0.2, 0) is 0 Å².